The van der Waals surface area contributed by atoms with Gasteiger partial charge in [0.15, 0.2) is 0 Å². The molecule has 1 aromatic carbocycles. The van der Waals surface area contributed by atoms with Gasteiger partial charge in [0.25, 0.3) is 0 Å². The van der Waals surface area contributed by atoms with Crippen molar-refractivity contribution in [1.29, 1.82) is 0 Å². The van der Waals surface area contributed by atoms with Crippen LogP contribution >= 0.6 is 39.5 Å². The molecular weight excluding hydrogens is 290 g/mol. The van der Waals surface area contributed by atoms with Gasteiger partial charge in [0.05, 0.1) is 4.88 Å². The van der Waals surface area contributed by atoms with Crippen LogP contribution in [0.15, 0.2) is 46.3 Å². The summed E-state index contributed by atoms with van der Waals surface area (Å²) in [7, 11) is 0. The molecule has 2 rings (SSSR count). The fraction of sp³-hybridized carbons (Fsp3) is 0. The van der Waals surface area contributed by atoms with E-state index in [0.29, 0.717) is 0 Å². The van der Waals surface area contributed by atoms with E-state index in [0.717, 1.165) is 20.0 Å². The summed E-state index contributed by atoms with van der Waals surface area (Å²) in [6, 6.07) is 12.0. The number of hydrogen-bond acceptors (Lipinski definition) is 2. The molecule has 0 atom stereocenters. The summed E-state index contributed by atoms with van der Waals surface area (Å²) in [5.41, 5.74) is 1.01. The Morgan fingerprint density at radius 1 is 1.20 bits per heavy atom. The average Bonchev–Trinajstić information content (AvgIpc) is 2.74. The maximum atomic E-state index is 5.28. The molecule has 2 aromatic rings. The molecule has 4 heteroatoms. The Morgan fingerprint density at radius 3 is 2.53 bits per heavy atom. The van der Waals surface area contributed by atoms with Crippen molar-refractivity contribution in [3.05, 3.63) is 51.1 Å². The Bertz CT molecular complexity index is 448. The van der Waals surface area contributed by atoms with Crippen LogP contribution in [0.2, 0.25) is 0 Å². The van der Waals surface area contributed by atoms with Crippen LogP contribution in [0.4, 0.5) is 5.69 Å². The highest BCUT2D eigenvalue weighted by Crippen LogP contribution is 2.17. The lowest BCUT2D eigenvalue weighted by Gasteiger charge is -2.05. The molecule has 0 spiro atoms. The fourth-order valence-electron chi connectivity index (χ4n) is 1.13. The molecule has 0 bridgehead atoms. The Morgan fingerprint density at radius 2 is 1.93 bits per heavy atom. The van der Waals surface area contributed by atoms with E-state index >= 15 is 0 Å². The number of anilines is 1. The Balaban J connectivity index is 2.09. The third kappa shape index (κ3) is 2.87. The van der Waals surface area contributed by atoms with E-state index in [-0.39, 0.29) is 0 Å². The van der Waals surface area contributed by atoms with E-state index in [1.165, 1.54) is 0 Å². The summed E-state index contributed by atoms with van der Waals surface area (Å²) in [5, 5.41) is 5.21. The molecule has 0 aliphatic heterocycles. The van der Waals surface area contributed by atoms with Gasteiger partial charge in [-0.2, -0.15) is 0 Å². The van der Waals surface area contributed by atoms with E-state index in [1.54, 1.807) is 11.3 Å². The SMILES string of the molecule is S=C(Nc1ccc(Br)cc1)c1cccs1. The number of halogens is 1. The van der Waals surface area contributed by atoms with Crippen LogP contribution in [0.5, 0.6) is 0 Å². The minimum atomic E-state index is 0.771. The molecule has 0 radical (unpaired) electrons. The van der Waals surface area contributed by atoms with E-state index in [9.17, 15) is 0 Å². The van der Waals surface area contributed by atoms with Crippen molar-refractivity contribution >= 4 is 50.2 Å². The smallest absolute Gasteiger partial charge is 0.121 e. The molecule has 0 saturated heterocycles. The second kappa shape index (κ2) is 4.88. The Kier molecular flexibility index (Phi) is 3.51. The molecule has 15 heavy (non-hydrogen) atoms. The van der Waals surface area contributed by atoms with E-state index in [4.69, 9.17) is 12.2 Å². The third-order valence-corrected chi connectivity index (χ3v) is 3.71. The standard InChI is InChI=1S/C11H8BrNS2/c12-8-3-5-9(6-4-8)13-11(14)10-2-1-7-15-10/h1-7H,(H,13,14). The number of hydrogen-bond donors (Lipinski definition) is 1. The third-order valence-electron chi connectivity index (χ3n) is 1.85. The number of nitrogens with one attached hydrogen (secondary N) is 1. The van der Waals surface area contributed by atoms with Crippen LogP contribution in [0.1, 0.15) is 4.88 Å². The highest BCUT2D eigenvalue weighted by molar-refractivity contribution is 9.10. The van der Waals surface area contributed by atoms with Gasteiger partial charge in [0.2, 0.25) is 0 Å². The molecule has 1 aromatic heterocycles. The quantitative estimate of drug-likeness (QED) is 0.830. The predicted molar refractivity (Wildman–Crippen MR) is 73.8 cm³/mol. The topological polar surface area (TPSA) is 12.0 Å². The van der Waals surface area contributed by atoms with Crippen LogP contribution in [0.3, 0.4) is 0 Å². The zero-order valence-electron chi connectivity index (χ0n) is 7.74. The number of thiocarbonyl (C=S) groups is 1. The van der Waals surface area contributed by atoms with Crippen LogP contribution in [-0.4, -0.2) is 4.99 Å². The molecule has 1 nitrogen and oxygen atoms in total. The Hall–Kier alpha value is -0.710. The van der Waals surface area contributed by atoms with Crippen LogP contribution in [-0.2, 0) is 0 Å². The molecular formula is C11H8BrNS2. The maximum absolute atomic E-state index is 5.28. The van der Waals surface area contributed by atoms with Gasteiger partial charge < -0.3 is 5.32 Å². The molecule has 1 heterocycles. The second-order valence-corrected chi connectivity index (χ2v) is 5.21. The second-order valence-electron chi connectivity index (χ2n) is 2.94. The molecule has 1 N–H and O–H groups in total. The lowest BCUT2D eigenvalue weighted by molar-refractivity contribution is 1.61. The highest BCUT2D eigenvalue weighted by Gasteiger charge is 2.01. The summed E-state index contributed by atoms with van der Waals surface area (Å²) in [6.07, 6.45) is 0. The van der Waals surface area contributed by atoms with Gasteiger partial charge in [0.1, 0.15) is 4.99 Å². The van der Waals surface area contributed by atoms with Crippen molar-refractivity contribution in [3.63, 3.8) is 0 Å². The van der Waals surface area contributed by atoms with Gasteiger partial charge in [-0.15, -0.1) is 11.3 Å². The molecule has 0 amide bonds. The predicted octanol–water partition coefficient (Wildman–Crippen LogP) is 4.30. The first kappa shape index (κ1) is 10.8. The first-order chi connectivity index (χ1) is 7.25. The van der Waals surface area contributed by atoms with Crippen LogP contribution in [0.25, 0.3) is 0 Å². The van der Waals surface area contributed by atoms with E-state index in [2.05, 4.69) is 21.2 Å². The number of thiophene rings is 1. The summed E-state index contributed by atoms with van der Waals surface area (Å²) >= 11 is 10.3. The first-order valence-corrected chi connectivity index (χ1v) is 6.44. The minimum Gasteiger partial charge on any atom is -0.345 e. The highest BCUT2D eigenvalue weighted by atomic mass is 79.9. The normalized spacial score (nSPS) is 9.93. The largest absolute Gasteiger partial charge is 0.345 e. The van der Waals surface area contributed by atoms with Crippen molar-refractivity contribution in [1.82, 2.24) is 0 Å². The van der Waals surface area contributed by atoms with Crippen molar-refractivity contribution in [2.75, 3.05) is 5.32 Å². The molecule has 76 valence electrons. The van der Waals surface area contributed by atoms with Crippen molar-refractivity contribution in [2.45, 2.75) is 0 Å². The number of benzene rings is 1. The lowest BCUT2D eigenvalue weighted by atomic mass is 10.3. The summed E-state index contributed by atoms with van der Waals surface area (Å²) in [5.74, 6) is 0. The Labute approximate surface area is 106 Å². The minimum absolute atomic E-state index is 0.771. The van der Waals surface area contributed by atoms with E-state index < -0.39 is 0 Å². The summed E-state index contributed by atoms with van der Waals surface area (Å²) in [6.45, 7) is 0. The van der Waals surface area contributed by atoms with Gasteiger partial charge >= 0.3 is 0 Å². The maximum Gasteiger partial charge on any atom is 0.121 e. The van der Waals surface area contributed by atoms with Gasteiger partial charge in [-0.3, -0.25) is 0 Å². The van der Waals surface area contributed by atoms with Gasteiger partial charge in [-0.1, -0.05) is 34.2 Å². The summed E-state index contributed by atoms with van der Waals surface area (Å²) < 4.78 is 1.06. The van der Waals surface area contributed by atoms with Crippen LogP contribution in [0, 0.1) is 0 Å². The van der Waals surface area contributed by atoms with Crippen molar-refractivity contribution in [2.24, 2.45) is 0 Å². The number of rotatable bonds is 2. The van der Waals surface area contributed by atoms with Crippen molar-refractivity contribution < 1.29 is 0 Å². The first-order valence-electron chi connectivity index (χ1n) is 4.36. The zero-order valence-corrected chi connectivity index (χ0v) is 11.0. The molecule has 0 aliphatic rings. The van der Waals surface area contributed by atoms with Gasteiger partial charge in [-0.05, 0) is 35.7 Å². The average molecular weight is 298 g/mol. The van der Waals surface area contributed by atoms with Crippen molar-refractivity contribution in [3.8, 4) is 0 Å². The fourth-order valence-corrected chi connectivity index (χ4v) is 2.35. The van der Waals surface area contributed by atoms with E-state index in [1.807, 2.05) is 41.8 Å². The molecule has 0 saturated carbocycles. The lowest BCUT2D eigenvalue weighted by Crippen LogP contribution is -2.08. The van der Waals surface area contributed by atoms with Gasteiger partial charge in [0, 0.05) is 10.2 Å². The molecule has 0 fully saturated rings. The van der Waals surface area contributed by atoms with Gasteiger partial charge in [-0.25, -0.2) is 0 Å². The summed E-state index contributed by atoms with van der Waals surface area (Å²) in [4.78, 5) is 1.86. The molecule has 0 unspecified atom stereocenters. The van der Waals surface area contributed by atoms with Crippen LogP contribution < -0.4 is 5.32 Å². The molecule has 0 aliphatic carbocycles. The monoisotopic (exact) mass is 297 g/mol. The zero-order chi connectivity index (χ0) is 10.7.